The number of carboxylic acid groups (broad SMARTS) is 1. The van der Waals surface area contributed by atoms with E-state index in [2.05, 4.69) is 37.8 Å². The molecule has 2 atom stereocenters. The topological polar surface area (TPSA) is 49.8 Å². The van der Waals surface area contributed by atoms with E-state index in [1.54, 1.807) is 0 Å². The van der Waals surface area contributed by atoms with Crippen LogP contribution in [0.2, 0.25) is 0 Å². The van der Waals surface area contributed by atoms with Gasteiger partial charge < -0.3 is 14.7 Å². The molecule has 128 valence electrons. The van der Waals surface area contributed by atoms with Gasteiger partial charge in [0.15, 0.2) is 0 Å². The van der Waals surface area contributed by atoms with Gasteiger partial charge in [-0.2, -0.15) is 0 Å². The van der Waals surface area contributed by atoms with Gasteiger partial charge in [-0.3, -0.25) is 4.79 Å². The van der Waals surface area contributed by atoms with Crippen LogP contribution < -0.4 is 4.74 Å². The summed E-state index contributed by atoms with van der Waals surface area (Å²) in [5.74, 6) is 0.252. The molecule has 1 aromatic rings. The minimum atomic E-state index is -0.671. The van der Waals surface area contributed by atoms with E-state index in [0.29, 0.717) is 13.2 Å². The number of likely N-dealkylation sites (tertiary alicyclic amines) is 1. The number of rotatable bonds is 6. The molecule has 0 spiro atoms. The first-order chi connectivity index (χ1) is 10.8. The fourth-order valence-corrected chi connectivity index (χ4v) is 3.10. The third-order valence-electron chi connectivity index (χ3n) is 4.59. The Morgan fingerprint density at radius 1 is 1.35 bits per heavy atom. The summed E-state index contributed by atoms with van der Waals surface area (Å²) >= 11 is 0. The highest BCUT2D eigenvalue weighted by Gasteiger charge is 2.34. The second-order valence-corrected chi connectivity index (χ2v) is 7.66. The normalized spacial score (nSPS) is 22.3. The fourth-order valence-electron chi connectivity index (χ4n) is 3.10. The first-order valence-corrected chi connectivity index (χ1v) is 8.46. The third kappa shape index (κ3) is 4.96. The van der Waals surface area contributed by atoms with Crippen molar-refractivity contribution in [2.75, 3.05) is 26.2 Å². The summed E-state index contributed by atoms with van der Waals surface area (Å²) in [4.78, 5) is 13.4. The van der Waals surface area contributed by atoms with Crippen molar-refractivity contribution in [2.24, 2.45) is 11.8 Å². The highest BCUT2D eigenvalue weighted by atomic mass is 16.5. The van der Waals surface area contributed by atoms with E-state index in [4.69, 9.17) is 9.84 Å². The minimum absolute atomic E-state index is 0.122. The van der Waals surface area contributed by atoms with Crippen molar-refractivity contribution in [3.8, 4) is 5.75 Å². The molecule has 1 fully saturated rings. The number of carboxylic acids is 1. The first kappa shape index (κ1) is 17.8. The number of hydrogen-bond acceptors (Lipinski definition) is 3. The average Bonchev–Trinajstić information content (AvgIpc) is 2.84. The van der Waals surface area contributed by atoms with Crippen molar-refractivity contribution in [1.82, 2.24) is 4.90 Å². The summed E-state index contributed by atoms with van der Waals surface area (Å²) in [6.45, 7) is 11.7. The number of nitrogens with zero attached hydrogens (tertiary/aromatic N) is 1. The summed E-state index contributed by atoms with van der Waals surface area (Å²) in [5, 5.41) is 9.16. The molecule has 2 rings (SSSR count). The van der Waals surface area contributed by atoms with Gasteiger partial charge in [0.25, 0.3) is 0 Å². The predicted molar refractivity (Wildman–Crippen MR) is 92.0 cm³/mol. The monoisotopic (exact) mass is 319 g/mol. The lowest BCUT2D eigenvalue weighted by Crippen LogP contribution is -2.25. The maximum absolute atomic E-state index is 11.1. The summed E-state index contributed by atoms with van der Waals surface area (Å²) in [5.41, 5.74) is 1.39. The van der Waals surface area contributed by atoms with Crippen LogP contribution >= 0.6 is 0 Å². The molecule has 1 aliphatic rings. The van der Waals surface area contributed by atoms with Gasteiger partial charge in [-0.15, -0.1) is 0 Å². The van der Waals surface area contributed by atoms with Crippen LogP contribution in [0.3, 0.4) is 0 Å². The van der Waals surface area contributed by atoms with Crippen LogP contribution in [0.15, 0.2) is 24.3 Å². The van der Waals surface area contributed by atoms with Crippen LogP contribution in [0.4, 0.5) is 0 Å². The Bertz CT molecular complexity index is 536. The van der Waals surface area contributed by atoms with Crippen molar-refractivity contribution in [2.45, 2.75) is 39.5 Å². The smallest absolute Gasteiger partial charge is 0.308 e. The van der Waals surface area contributed by atoms with Crippen LogP contribution in [-0.2, 0) is 10.2 Å². The van der Waals surface area contributed by atoms with E-state index >= 15 is 0 Å². The van der Waals surface area contributed by atoms with Crippen molar-refractivity contribution in [1.29, 1.82) is 0 Å². The quantitative estimate of drug-likeness (QED) is 0.816. The van der Waals surface area contributed by atoms with Gasteiger partial charge in [0.1, 0.15) is 5.75 Å². The maximum Gasteiger partial charge on any atom is 0.308 e. The van der Waals surface area contributed by atoms with Crippen molar-refractivity contribution in [3.05, 3.63) is 29.8 Å². The molecule has 1 heterocycles. The molecule has 1 aromatic carbocycles. The van der Waals surface area contributed by atoms with Gasteiger partial charge >= 0.3 is 5.97 Å². The SMILES string of the molecule is C[C@@H]1CN(CCCOc2cccc(C(C)(C)C)c2)C[C@H]1C(=O)O. The molecule has 1 aliphatic heterocycles. The lowest BCUT2D eigenvalue weighted by atomic mass is 9.87. The Hall–Kier alpha value is -1.55. The molecule has 1 N–H and O–H groups in total. The van der Waals surface area contributed by atoms with Gasteiger partial charge in [-0.25, -0.2) is 0 Å². The van der Waals surface area contributed by atoms with Gasteiger partial charge in [-0.1, -0.05) is 39.8 Å². The molecule has 0 saturated carbocycles. The summed E-state index contributed by atoms with van der Waals surface area (Å²) in [6, 6.07) is 8.27. The Kier molecular flexibility index (Phi) is 5.69. The zero-order chi connectivity index (χ0) is 17.0. The minimum Gasteiger partial charge on any atom is -0.494 e. The average molecular weight is 319 g/mol. The number of ether oxygens (including phenoxy) is 1. The van der Waals surface area contributed by atoms with E-state index < -0.39 is 5.97 Å². The molecular formula is C19H29NO3. The van der Waals surface area contributed by atoms with Crippen LogP contribution in [0.5, 0.6) is 5.75 Å². The van der Waals surface area contributed by atoms with E-state index in [9.17, 15) is 4.79 Å². The van der Waals surface area contributed by atoms with E-state index in [0.717, 1.165) is 25.3 Å². The molecule has 23 heavy (non-hydrogen) atoms. The standard InChI is InChI=1S/C19H29NO3/c1-14-12-20(13-17(14)18(21)22)9-6-10-23-16-8-5-7-15(11-16)19(2,3)4/h5,7-8,11,14,17H,6,9-10,12-13H2,1-4H3,(H,21,22)/t14-,17-/m1/s1. The Morgan fingerprint density at radius 2 is 2.09 bits per heavy atom. The predicted octanol–water partition coefficient (Wildman–Crippen LogP) is 3.41. The lowest BCUT2D eigenvalue weighted by molar-refractivity contribution is -0.142. The second-order valence-electron chi connectivity index (χ2n) is 7.66. The van der Waals surface area contributed by atoms with Crippen LogP contribution in [0.1, 0.15) is 39.7 Å². The largest absolute Gasteiger partial charge is 0.494 e. The molecule has 0 aliphatic carbocycles. The van der Waals surface area contributed by atoms with Crippen LogP contribution in [0.25, 0.3) is 0 Å². The van der Waals surface area contributed by atoms with Crippen LogP contribution in [0, 0.1) is 11.8 Å². The Labute approximate surface area is 139 Å². The highest BCUT2D eigenvalue weighted by molar-refractivity contribution is 5.71. The molecule has 0 aromatic heterocycles. The molecule has 0 radical (unpaired) electrons. The van der Waals surface area contributed by atoms with Gasteiger partial charge in [-0.05, 0) is 35.4 Å². The third-order valence-corrected chi connectivity index (χ3v) is 4.59. The number of benzene rings is 1. The molecule has 0 bridgehead atoms. The fraction of sp³-hybridized carbons (Fsp3) is 0.632. The molecule has 0 unspecified atom stereocenters. The number of carbonyl (C=O) groups is 1. The number of aliphatic carboxylic acids is 1. The van der Waals surface area contributed by atoms with Crippen molar-refractivity contribution >= 4 is 5.97 Å². The van der Waals surface area contributed by atoms with Gasteiger partial charge in [0, 0.05) is 19.6 Å². The Balaban J connectivity index is 1.75. The van der Waals surface area contributed by atoms with Gasteiger partial charge in [0.2, 0.25) is 0 Å². The zero-order valence-corrected chi connectivity index (χ0v) is 14.7. The molecule has 0 amide bonds. The molecular weight excluding hydrogens is 290 g/mol. The van der Waals surface area contributed by atoms with Crippen molar-refractivity contribution < 1.29 is 14.6 Å². The summed E-state index contributed by atoms with van der Waals surface area (Å²) in [7, 11) is 0. The Morgan fingerprint density at radius 3 is 2.70 bits per heavy atom. The maximum atomic E-state index is 11.1. The molecule has 4 heteroatoms. The van der Waals surface area contributed by atoms with Crippen LogP contribution in [-0.4, -0.2) is 42.2 Å². The summed E-state index contributed by atoms with van der Waals surface area (Å²) in [6.07, 6.45) is 0.915. The summed E-state index contributed by atoms with van der Waals surface area (Å²) < 4.78 is 5.86. The van der Waals surface area contributed by atoms with Crippen molar-refractivity contribution in [3.63, 3.8) is 0 Å². The van der Waals surface area contributed by atoms with Gasteiger partial charge in [0.05, 0.1) is 12.5 Å². The molecule has 1 saturated heterocycles. The number of hydrogen-bond donors (Lipinski definition) is 1. The lowest BCUT2D eigenvalue weighted by Gasteiger charge is -2.20. The molecule has 4 nitrogen and oxygen atoms in total. The first-order valence-electron chi connectivity index (χ1n) is 8.46. The highest BCUT2D eigenvalue weighted by Crippen LogP contribution is 2.26. The van der Waals surface area contributed by atoms with E-state index in [1.807, 2.05) is 19.1 Å². The van der Waals surface area contributed by atoms with E-state index in [1.165, 1.54) is 5.56 Å². The second kappa shape index (κ2) is 7.35. The van der Waals surface area contributed by atoms with E-state index in [-0.39, 0.29) is 17.3 Å². The zero-order valence-electron chi connectivity index (χ0n) is 14.7.